The zero-order chi connectivity index (χ0) is 14.0. The first-order valence-corrected chi connectivity index (χ1v) is 7.58. The van der Waals surface area contributed by atoms with Gasteiger partial charge in [-0.05, 0) is 39.0 Å². The Bertz CT molecular complexity index is 359. The standard InChI is InChI=1S/C15H26N2O2/c1-4-12(11-8-6-5-7-9-11)17-10-13(18)16-15(2,3)14(17)19/h11-12H,4-10H2,1-3H3,(H,16,18). The molecule has 0 aromatic heterocycles. The van der Waals surface area contributed by atoms with Gasteiger partial charge in [0, 0.05) is 6.04 Å². The molecule has 1 heterocycles. The van der Waals surface area contributed by atoms with Crippen LogP contribution in [0, 0.1) is 5.92 Å². The van der Waals surface area contributed by atoms with Crippen LogP contribution in [-0.4, -0.2) is 34.8 Å². The van der Waals surface area contributed by atoms with E-state index in [1.807, 2.05) is 4.90 Å². The number of nitrogens with one attached hydrogen (secondary N) is 1. The summed E-state index contributed by atoms with van der Waals surface area (Å²) in [5.74, 6) is 0.618. The molecule has 1 N–H and O–H groups in total. The van der Waals surface area contributed by atoms with Gasteiger partial charge in [-0.2, -0.15) is 0 Å². The van der Waals surface area contributed by atoms with Crippen LogP contribution in [0.4, 0.5) is 0 Å². The number of carbonyl (C=O) groups is 2. The first-order valence-electron chi connectivity index (χ1n) is 7.58. The average Bonchev–Trinajstić information content (AvgIpc) is 2.37. The van der Waals surface area contributed by atoms with Gasteiger partial charge in [-0.3, -0.25) is 9.59 Å². The number of carbonyl (C=O) groups excluding carboxylic acids is 2. The zero-order valence-corrected chi connectivity index (χ0v) is 12.4. The van der Waals surface area contributed by atoms with E-state index in [1.54, 1.807) is 13.8 Å². The van der Waals surface area contributed by atoms with Crippen LogP contribution in [0.1, 0.15) is 59.3 Å². The van der Waals surface area contributed by atoms with Gasteiger partial charge in [0.2, 0.25) is 11.8 Å². The maximum Gasteiger partial charge on any atom is 0.248 e. The van der Waals surface area contributed by atoms with E-state index >= 15 is 0 Å². The van der Waals surface area contributed by atoms with Crippen LogP contribution >= 0.6 is 0 Å². The molecule has 2 aliphatic rings. The lowest BCUT2D eigenvalue weighted by Crippen LogP contribution is -2.66. The molecule has 4 nitrogen and oxygen atoms in total. The van der Waals surface area contributed by atoms with Gasteiger partial charge in [-0.15, -0.1) is 0 Å². The first kappa shape index (κ1) is 14.4. The van der Waals surface area contributed by atoms with E-state index in [4.69, 9.17) is 0 Å². The molecule has 108 valence electrons. The van der Waals surface area contributed by atoms with E-state index in [1.165, 1.54) is 32.1 Å². The van der Waals surface area contributed by atoms with E-state index in [0.29, 0.717) is 5.92 Å². The van der Waals surface area contributed by atoms with Crippen molar-refractivity contribution < 1.29 is 9.59 Å². The fraction of sp³-hybridized carbons (Fsp3) is 0.867. The largest absolute Gasteiger partial charge is 0.341 e. The second-order valence-electron chi connectivity index (χ2n) is 6.48. The third-order valence-electron chi connectivity index (χ3n) is 4.57. The molecule has 2 rings (SSSR count). The van der Waals surface area contributed by atoms with Crippen molar-refractivity contribution in [1.29, 1.82) is 0 Å². The van der Waals surface area contributed by atoms with Crippen LogP contribution in [0.5, 0.6) is 0 Å². The first-order chi connectivity index (χ1) is 8.95. The van der Waals surface area contributed by atoms with E-state index in [2.05, 4.69) is 12.2 Å². The van der Waals surface area contributed by atoms with E-state index in [0.717, 1.165) is 6.42 Å². The van der Waals surface area contributed by atoms with Crippen LogP contribution in [0.3, 0.4) is 0 Å². The summed E-state index contributed by atoms with van der Waals surface area (Å²) >= 11 is 0. The summed E-state index contributed by atoms with van der Waals surface area (Å²) in [7, 11) is 0. The fourth-order valence-electron chi connectivity index (χ4n) is 3.62. The smallest absolute Gasteiger partial charge is 0.248 e. The molecular weight excluding hydrogens is 240 g/mol. The summed E-state index contributed by atoms with van der Waals surface area (Å²) in [6, 6.07) is 0.234. The highest BCUT2D eigenvalue weighted by molar-refractivity contribution is 5.97. The quantitative estimate of drug-likeness (QED) is 0.850. The van der Waals surface area contributed by atoms with Crippen LogP contribution in [0.25, 0.3) is 0 Å². The average molecular weight is 266 g/mol. The van der Waals surface area contributed by atoms with Crippen LogP contribution in [0.15, 0.2) is 0 Å². The van der Waals surface area contributed by atoms with Gasteiger partial charge in [-0.25, -0.2) is 0 Å². The third-order valence-corrected chi connectivity index (χ3v) is 4.57. The molecule has 0 aromatic rings. The van der Waals surface area contributed by atoms with Crippen molar-refractivity contribution in [2.24, 2.45) is 5.92 Å². The number of amides is 2. The van der Waals surface area contributed by atoms with Crippen LogP contribution < -0.4 is 5.32 Å². The molecule has 0 radical (unpaired) electrons. The Morgan fingerprint density at radius 3 is 2.47 bits per heavy atom. The maximum atomic E-state index is 12.5. The fourth-order valence-corrected chi connectivity index (χ4v) is 3.62. The van der Waals surface area contributed by atoms with Gasteiger partial charge in [0.15, 0.2) is 0 Å². The van der Waals surface area contributed by atoms with Gasteiger partial charge in [0.05, 0.1) is 6.54 Å². The predicted octanol–water partition coefficient (Wildman–Crippen LogP) is 2.08. The summed E-state index contributed by atoms with van der Waals surface area (Å²) < 4.78 is 0. The highest BCUT2D eigenvalue weighted by Crippen LogP contribution is 2.32. The maximum absolute atomic E-state index is 12.5. The Labute approximate surface area is 115 Å². The summed E-state index contributed by atoms with van der Waals surface area (Å²) in [6.07, 6.45) is 7.18. The lowest BCUT2D eigenvalue weighted by atomic mass is 9.81. The van der Waals surface area contributed by atoms with Gasteiger partial charge in [0.1, 0.15) is 5.54 Å². The van der Waals surface area contributed by atoms with Crippen molar-refractivity contribution in [3.63, 3.8) is 0 Å². The van der Waals surface area contributed by atoms with Gasteiger partial charge < -0.3 is 10.2 Å². The van der Waals surface area contributed by atoms with E-state index in [-0.39, 0.29) is 24.4 Å². The van der Waals surface area contributed by atoms with Crippen molar-refractivity contribution in [3.05, 3.63) is 0 Å². The van der Waals surface area contributed by atoms with Crippen molar-refractivity contribution >= 4 is 11.8 Å². The minimum atomic E-state index is -0.753. The Morgan fingerprint density at radius 1 is 1.26 bits per heavy atom. The molecule has 1 saturated carbocycles. The lowest BCUT2D eigenvalue weighted by molar-refractivity contribution is -0.152. The number of piperazine rings is 1. The van der Waals surface area contributed by atoms with Crippen LogP contribution in [-0.2, 0) is 9.59 Å². The summed E-state index contributed by atoms with van der Waals surface area (Å²) in [4.78, 5) is 26.2. The Kier molecular flexibility index (Phi) is 4.16. The number of nitrogens with zero attached hydrogens (tertiary/aromatic N) is 1. The van der Waals surface area contributed by atoms with Crippen molar-refractivity contribution in [2.45, 2.75) is 70.9 Å². The molecule has 2 fully saturated rings. The minimum absolute atomic E-state index is 0.0288. The lowest BCUT2D eigenvalue weighted by Gasteiger charge is -2.44. The SMILES string of the molecule is CCC(C1CCCCC1)N1CC(=O)NC(C)(C)C1=O. The Hall–Kier alpha value is -1.06. The summed E-state index contributed by atoms with van der Waals surface area (Å²) in [5, 5.41) is 2.79. The molecule has 2 amide bonds. The minimum Gasteiger partial charge on any atom is -0.341 e. The molecule has 1 atom stereocenters. The second-order valence-corrected chi connectivity index (χ2v) is 6.48. The summed E-state index contributed by atoms with van der Waals surface area (Å²) in [5.41, 5.74) is -0.753. The van der Waals surface area contributed by atoms with Crippen molar-refractivity contribution in [2.75, 3.05) is 6.54 Å². The third kappa shape index (κ3) is 2.93. The second kappa shape index (κ2) is 5.51. The highest BCUT2D eigenvalue weighted by Gasteiger charge is 2.43. The number of hydrogen-bond donors (Lipinski definition) is 1. The molecule has 0 aromatic carbocycles. The van der Waals surface area contributed by atoms with Gasteiger partial charge in [-0.1, -0.05) is 26.2 Å². The molecule has 1 saturated heterocycles. The van der Waals surface area contributed by atoms with Crippen molar-refractivity contribution in [3.8, 4) is 0 Å². The Morgan fingerprint density at radius 2 is 1.89 bits per heavy atom. The van der Waals surface area contributed by atoms with Crippen molar-refractivity contribution in [1.82, 2.24) is 10.2 Å². The molecule has 1 aliphatic heterocycles. The predicted molar refractivity (Wildman–Crippen MR) is 74.6 cm³/mol. The zero-order valence-electron chi connectivity index (χ0n) is 12.4. The summed E-state index contributed by atoms with van der Waals surface area (Å²) in [6.45, 7) is 5.96. The van der Waals surface area contributed by atoms with Gasteiger partial charge >= 0.3 is 0 Å². The number of hydrogen-bond acceptors (Lipinski definition) is 2. The van der Waals surface area contributed by atoms with E-state index < -0.39 is 5.54 Å². The molecular formula is C15H26N2O2. The molecule has 1 unspecified atom stereocenters. The molecule has 19 heavy (non-hydrogen) atoms. The van der Waals surface area contributed by atoms with Crippen LogP contribution in [0.2, 0.25) is 0 Å². The molecule has 0 spiro atoms. The monoisotopic (exact) mass is 266 g/mol. The van der Waals surface area contributed by atoms with E-state index in [9.17, 15) is 9.59 Å². The highest BCUT2D eigenvalue weighted by atomic mass is 16.2. The van der Waals surface area contributed by atoms with Gasteiger partial charge in [0.25, 0.3) is 0 Å². The number of rotatable bonds is 3. The molecule has 0 bridgehead atoms. The topological polar surface area (TPSA) is 49.4 Å². The molecule has 4 heteroatoms. The Balaban J connectivity index is 2.16. The normalized spacial score (nSPS) is 26.2. The molecule has 1 aliphatic carbocycles.